The van der Waals surface area contributed by atoms with Gasteiger partial charge in [0.25, 0.3) is 5.91 Å². The number of benzene rings is 2. The lowest BCUT2D eigenvalue weighted by molar-refractivity contribution is 0.0954. The van der Waals surface area contributed by atoms with Gasteiger partial charge in [0, 0.05) is 18.7 Å². The summed E-state index contributed by atoms with van der Waals surface area (Å²) in [5, 5.41) is 2.65. The van der Waals surface area contributed by atoms with Gasteiger partial charge in [0.15, 0.2) is 11.5 Å². The van der Waals surface area contributed by atoms with Crippen LogP contribution >= 0.6 is 0 Å². The van der Waals surface area contributed by atoms with Crippen LogP contribution in [0.1, 0.15) is 10.4 Å². The van der Waals surface area contributed by atoms with Crippen molar-refractivity contribution in [3.8, 4) is 11.5 Å². The van der Waals surface area contributed by atoms with Gasteiger partial charge in [-0.25, -0.2) is 13.1 Å². The molecule has 1 heterocycles. The van der Waals surface area contributed by atoms with Crippen molar-refractivity contribution in [2.24, 2.45) is 0 Å². The van der Waals surface area contributed by atoms with E-state index in [1.807, 2.05) is 0 Å². The average molecular weight is 348 g/mol. The zero-order valence-corrected chi connectivity index (χ0v) is 13.5. The number of nitrogens with one attached hydrogen (secondary N) is 2. The Kier molecular flexibility index (Phi) is 4.68. The summed E-state index contributed by atoms with van der Waals surface area (Å²) in [5.74, 6) is 0.807. The van der Waals surface area contributed by atoms with E-state index < -0.39 is 10.0 Å². The number of rotatable bonds is 6. The molecule has 1 aliphatic rings. The average Bonchev–Trinajstić information content (AvgIpc) is 3.07. The second-order valence-corrected chi connectivity index (χ2v) is 6.80. The Bertz CT molecular complexity index is 837. The van der Waals surface area contributed by atoms with Crippen molar-refractivity contribution in [3.63, 3.8) is 0 Å². The molecular weight excluding hydrogens is 332 g/mol. The number of sulfonamides is 1. The van der Waals surface area contributed by atoms with Gasteiger partial charge in [0.05, 0.1) is 4.90 Å². The van der Waals surface area contributed by atoms with E-state index in [4.69, 9.17) is 9.47 Å². The molecule has 2 N–H and O–H groups in total. The van der Waals surface area contributed by atoms with Crippen LogP contribution < -0.4 is 19.5 Å². The zero-order chi connectivity index (χ0) is 17.0. The molecule has 0 radical (unpaired) electrons. The number of carbonyl (C=O) groups is 1. The third kappa shape index (κ3) is 3.66. The standard InChI is InChI=1S/C16H16N2O5S/c19-16(12-6-7-14-15(10-12)23-11-22-14)17-8-9-18-24(20,21)13-4-2-1-3-5-13/h1-7,10,18H,8-9,11H2,(H,17,19). The molecule has 8 heteroatoms. The van der Waals surface area contributed by atoms with Crippen LogP contribution in [-0.2, 0) is 10.0 Å². The molecule has 1 amide bonds. The normalized spacial score (nSPS) is 12.8. The van der Waals surface area contributed by atoms with Gasteiger partial charge in [0.1, 0.15) is 0 Å². The number of ether oxygens (including phenoxy) is 2. The highest BCUT2D eigenvalue weighted by Crippen LogP contribution is 2.32. The largest absolute Gasteiger partial charge is 0.454 e. The molecule has 0 fully saturated rings. The van der Waals surface area contributed by atoms with Gasteiger partial charge < -0.3 is 14.8 Å². The second kappa shape index (κ2) is 6.90. The van der Waals surface area contributed by atoms with E-state index in [1.165, 1.54) is 12.1 Å². The van der Waals surface area contributed by atoms with Gasteiger partial charge in [-0.05, 0) is 30.3 Å². The molecule has 1 aliphatic heterocycles. The molecule has 0 bridgehead atoms. The topological polar surface area (TPSA) is 93.7 Å². The molecule has 0 aliphatic carbocycles. The Balaban J connectivity index is 1.51. The maximum absolute atomic E-state index is 12.1. The van der Waals surface area contributed by atoms with Crippen molar-refractivity contribution in [3.05, 3.63) is 54.1 Å². The van der Waals surface area contributed by atoms with E-state index in [2.05, 4.69) is 10.0 Å². The first-order chi connectivity index (χ1) is 11.6. The third-order valence-electron chi connectivity index (χ3n) is 3.39. The summed E-state index contributed by atoms with van der Waals surface area (Å²) in [6, 6.07) is 12.9. The first-order valence-electron chi connectivity index (χ1n) is 7.29. The third-order valence-corrected chi connectivity index (χ3v) is 4.87. The molecular formula is C16H16N2O5S. The Labute approximate surface area is 139 Å². The van der Waals surface area contributed by atoms with E-state index in [9.17, 15) is 13.2 Å². The van der Waals surface area contributed by atoms with Crippen LogP contribution in [0, 0.1) is 0 Å². The van der Waals surface area contributed by atoms with Crippen LogP contribution in [0.4, 0.5) is 0 Å². The van der Waals surface area contributed by atoms with Gasteiger partial charge in [0.2, 0.25) is 16.8 Å². The molecule has 0 unspecified atom stereocenters. The maximum atomic E-state index is 12.1. The van der Waals surface area contributed by atoms with E-state index in [0.717, 1.165) is 0 Å². The van der Waals surface area contributed by atoms with Gasteiger partial charge >= 0.3 is 0 Å². The SMILES string of the molecule is O=C(NCCNS(=O)(=O)c1ccccc1)c1ccc2c(c1)OCO2. The maximum Gasteiger partial charge on any atom is 0.251 e. The smallest absolute Gasteiger partial charge is 0.251 e. The summed E-state index contributed by atoms with van der Waals surface area (Å²) in [4.78, 5) is 12.2. The van der Waals surface area contributed by atoms with Crippen molar-refractivity contribution in [1.82, 2.24) is 10.0 Å². The molecule has 0 spiro atoms. The molecule has 0 aromatic heterocycles. The Morgan fingerprint density at radius 2 is 1.75 bits per heavy atom. The van der Waals surface area contributed by atoms with Crippen LogP contribution in [0.15, 0.2) is 53.4 Å². The van der Waals surface area contributed by atoms with Crippen molar-refractivity contribution >= 4 is 15.9 Å². The molecule has 0 atom stereocenters. The Morgan fingerprint density at radius 3 is 2.54 bits per heavy atom. The van der Waals surface area contributed by atoms with Crippen molar-refractivity contribution in [2.45, 2.75) is 4.90 Å². The fourth-order valence-electron chi connectivity index (χ4n) is 2.18. The summed E-state index contributed by atoms with van der Waals surface area (Å²) >= 11 is 0. The highest BCUT2D eigenvalue weighted by molar-refractivity contribution is 7.89. The minimum Gasteiger partial charge on any atom is -0.454 e. The summed E-state index contributed by atoms with van der Waals surface area (Å²) in [7, 11) is -3.57. The van der Waals surface area contributed by atoms with E-state index in [-0.39, 0.29) is 30.7 Å². The Morgan fingerprint density at radius 1 is 1.00 bits per heavy atom. The minimum absolute atomic E-state index is 0.0908. The van der Waals surface area contributed by atoms with Gasteiger partial charge in [-0.2, -0.15) is 0 Å². The second-order valence-electron chi connectivity index (χ2n) is 5.03. The summed E-state index contributed by atoms with van der Waals surface area (Å²) in [5.41, 5.74) is 0.421. The van der Waals surface area contributed by atoms with Crippen LogP contribution in [0.2, 0.25) is 0 Å². The monoisotopic (exact) mass is 348 g/mol. The lowest BCUT2D eigenvalue weighted by Crippen LogP contribution is -2.34. The lowest BCUT2D eigenvalue weighted by atomic mass is 10.2. The quantitative estimate of drug-likeness (QED) is 0.763. The predicted molar refractivity (Wildman–Crippen MR) is 86.5 cm³/mol. The fourth-order valence-corrected chi connectivity index (χ4v) is 3.24. The van der Waals surface area contributed by atoms with Crippen molar-refractivity contribution in [1.29, 1.82) is 0 Å². The van der Waals surface area contributed by atoms with Crippen LogP contribution in [0.5, 0.6) is 11.5 Å². The van der Waals surface area contributed by atoms with Gasteiger partial charge in [-0.3, -0.25) is 4.79 Å². The first kappa shape index (κ1) is 16.3. The molecule has 2 aromatic rings. The first-order valence-corrected chi connectivity index (χ1v) is 8.77. The van der Waals surface area contributed by atoms with Crippen LogP contribution in [0.25, 0.3) is 0 Å². The van der Waals surface area contributed by atoms with Crippen LogP contribution in [-0.4, -0.2) is 34.2 Å². The number of amides is 1. The summed E-state index contributed by atoms with van der Waals surface area (Å²) in [6.07, 6.45) is 0. The van der Waals surface area contributed by atoms with Gasteiger partial charge in [-0.1, -0.05) is 18.2 Å². The van der Waals surface area contributed by atoms with Crippen LogP contribution in [0.3, 0.4) is 0 Å². The van der Waals surface area contributed by atoms with Gasteiger partial charge in [-0.15, -0.1) is 0 Å². The number of carbonyl (C=O) groups excluding carboxylic acids is 1. The van der Waals surface area contributed by atoms with E-state index in [1.54, 1.807) is 36.4 Å². The lowest BCUT2D eigenvalue weighted by Gasteiger charge is -2.08. The molecule has 24 heavy (non-hydrogen) atoms. The predicted octanol–water partition coefficient (Wildman–Crippen LogP) is 1.12. The highest BCUT2D eigenvalue weighted by Gasteiger charge is 2.16. The fraction of sp³-hybridized carbons (Fsp3) is 0.188. The number of hydrogen-bond acceptors (Lipinski definition) is 5. The van der Waals surface area contributed by atoms with E-state index in [0.29, 0.717) is 17.1 Å². The summed E-state index contributed by atoms with van der Waals surface area (Å²) < 4.78 is 36.9. The molecule has 7 nitrogen and oxygen atoms in total. The molecule has 3 rings (SSSR count). The summed E-state index contributed by atoms with van der Waals surface area (Å²) in [6.45, 7) is 0.397. The molecule has 126 valence electrons. The number of hydrogen-bond donors (Lipinski definition) is 2. The molecule has 0 saturated carbocycles. The van der Waals surface area contributed by atoms with Crippen molar-refractivity contribution in [2.75, 3.05) is 19.9 Å². The van der Waals surface area contributed by atoms with E-state index >= 15 is 0 Å². The Hall–Kier alpha value is -2.58. The molecule has 2 aromatic carbocycles. The zero-order valence-electron chi connectivity index (χ0n) is 12.7. The number of fused-ring (bicyclic) bond motifs is 1. The highest BCUT2D eigenvalue weighted by atomic mass is 32.2. The molecule has 0 saturated heterocycles. The minimum atomic E-state index is -3.57. The van der Waals surface area contributed by atoms with Crippen molar-refractivity contribution < 1.29 is 22.7 Å².